The van der Waals surface area contributed by atoms with Gasteiger partial charge >= 0.3 is 6.03 Å². The van der Waals surface area contributed by atoms with Gasteiger partial charge in [-0.2, -0.15) is 0 Å². The maximum Gasteiger partial charge on any atom is 0.321 e. The average Bonchev–Trinajstić information content (AvgIpc) is 3.08. The number of nitrogens with one attached hydrogen (secondary N) is 2. The van der Waals surface area contributed by atoms with Crippen molar-refractivity contribution in [2.24, 2.45) is 0 Å². The van der Waals surface area contributed by atoms with Crippen LogP contribution in [0.4, 0.5) is 4.79 Å². The zero-order valence-electron chi connectivity index (χ0n) is 17.9. The fraction of sp³-hybridized carbons (Fsp3) is 0.476. The van der Waals surface area contributed by atoms with E-state index in [9.17, 15) is 9.59 Å². The van der Waals surface area contributed by atoms with Crippen LogP contribution in [0.5, 0.6) is 11.5 Å². The highest BCUT2D eigenvalue weighted by atomic mass is 32.2. The molecule has 1 aliphatic heterocycles. The second-order valence-corrected chi connectivity index (χ2v) is 9.29. The number of hydrogen-bond acceptors (Lipinski definition) is 6. The second-order valence-electron chi connectivity index (χ2n) is 7.98. The molecule has 0 saturated heterocycles. The van der Waals surface area contributed by atoms with Crippen LogP contribution in [0.15, 0.2) is 29.6 Å². The highest BCUT2D eigenvalue weighted by Crippen LogP contribution is 2.36. The van der Waals surface area contributed by atoms with E-state index >= 15 is 0 Å². The summed E-state index contributed by atoms with van der Waals surface area (Å²) >= 11 is 1.31. The molecule has 0 radical (unpaired) electrons. The number of urea groups is 1. The molecule has 1 atom stereocenters. The van der Waals surface area contributed by atoms with Crippen molar-refractivity contribution in [3.05, 3.63) is 24.4 Å². The van der Waals surface area contributed by atoms with E-state index in [2.05, 4.69) is 15.6 Å². The van der Waals surface area contributed by atoms with E-state index in [-0.39, 0.29) is 5.91 Å². The molecule has 3 amide bonds. The topological polar surface area (TPSA) is 94.5 Å². The number of rotatable bonds is 5. The maximum atomic E-state index is 12.4. The Bertz CT molecular complexity index is 936. The molecule has 9 heteroatoms. The van der Waals surface area contributed by atoms with E-state index in [1.807, 2.05) is 50.5 Å². The van der Waals surface area contributed by atoms with Crippen molar-refractivity contribution >= 4 is 23.7 Å². The number of thioether (sulfide) groups is 1. The molecule has 1 aromatic heterocycles. The minimum atomic E-state index is -0.504. The molecule has 162 valence electrons. The molecule has 0 spiro atoms. The maximum absolute atomic E-state index is 12.4. The van der Waals surface area contributed by atoms with Gasteiger partial charge in [0, 0.05) is 17.6 Å². The number of imide groups is 1. The Hall–Kier alpha value is -2.68. The highest BCUT2D eigenvalue weighted by molar-refractivity contribution is 8.00. The van der Waals surface area contributed by atoms with Gasteiger partial charge in [-0.25, -0.2) is 9.78 Å². The van der Waals surface area contributed by atoms with Crippen molar-refractivity contribution in [3.63, 3.8) is 0 Å². The van der Waals surface area contributed by atoms with Crippen molar-refractivity contribution in [3.8, 4) is 22.8 Å². The molecule has 3 rings (SSSR count). The molecule has 1 aromatic carbocycles. The number of amides is 3. The number of benzene rings is 1. The molecule has 2 heterocycles. The fourth-order valence-corrected chi connectivity index (χ4v) is 3.94. The zero-order valence-corrected chi connectivity index (χ0v) is 18.8. The smallest absolute Gasteiger partial charge is 0.321 e. The highest BCUT2D eigenvalue weighted by Gasteiger charge is 2.23. The third kappa shape index (κ3) is 5.27. The first-order valence-electron chi connectivity index (χ1n) is 9.93. The standard InChI is InChI=1S/C21H28N4O4S/c1-6-25-15(14-7-8-16-17(11-14)29-10-9-28-16)12-22-20(25)30-13(2)18(26)23-19(27)24-21(3,4)5/h7-8,11-13H,6,9-10H2,1-5H3,(H2,23,24,26,27)/t13-/m1/s1. The number of imidazole rings is 1. The summed E-state index contributed by atoms with van der Waals surface area (Å²) in [6.45, 7) is 11.1. The SMILES string of the molecule is CCn1c(-c2ccc3c(c2)OCCO3)cnc1S[C@H](C)C(=O)NC(=O)NC(C)(C)C. The van der Waals surface area contributed by atoms with Gasteiger partial charge in [0.1, 0.15) is 13.2 Å². The van der Waals surface area contributed by atoms with E-state index < -0.39 is 16.8 Å². The lowest BCUT2D eigenvalue weighted by molar-refractivity contribution is -0.119. The van der Waals surface area contributed by atoms with E-state index in [0.29, 0.717) is 24.9 Å². The summed E-state index contributed by atoms with van der Waals surface area (Å²) in [4.78, 5) is 28.9. The van der Waals surface area contributed by atoms with Crippen LogP contribution in [0.2, 0.25) is 0 Å². The van der Waals surface area contributed by atoms with Gasteiger partial charge in [0.25, 0.3) is 0 Å². The predicted octanol–water partition coefficient (Wildman–Crippen LogP) is 3.45. The minimum Gasteiger partial charge on any atom is -0.486 e. The van der Waals surface area contributed by atoms with Gasteiger partial charge in [-0.15, -0.1) is 0 Å². The lowest BCUT2D eigenvalue weighted by Crippen LogP contribution is -2.49. The van der Waals surface area contributed by atoms with Crippen LogP contribution in [0.3, 0.4) is 0 Å². The summed E-state index contributed by atoms with van der Waals surface area (Å²) in [6, 6.07) is 5.31. The molecule has 2 N–H and O–H groups in total. The monoisotopic (exact) mass is 432 g/mol. The Labute approximate surface area is 180 Å². The predicted molar refractivity (Wildman–Crippen MR) is 116 cm³/mol. The minimum absolute atomic E-state index is 0.367. The van der Waals surface area contributed by atoms with Crippen LogP contribution in [0.25, 0.3) is 11.3 Å². The summed E-state index contributed by atoms with van der Waals surface area (Å²) in [5.74, 6) is 1.09. The molecule has 8 nitrogen and oxygen atoms in total. The van der Waals surface area contributed by atoms with Crippen molar-refractivity contribution in [1.82, 2.24) is 20.2 Å². The lowest BCUT2D eigenvalue weighted by Gasteiger charge is -2.21. The van der Waals surface area contributed by atoms with E-state index in [1.165, 1.54) is 11.8 Å². The fourth-order valence-electron chi connectivity index (χ4n) is 2.99. The molecule has 0 bridgehead atoms. The van der Waals surface area contributed by atoms with Gasteiger partial charge in [0.05, 0.1) is 17.1 Å². The van der Waals surface area contributed by atoms with Crippen LogP contribution in [-0.4, -0.2) is 45.5 Å². The molecular weight excluding hydrogens is 404 g/mol. The number of ether oxygens (including phenoxy) is 2. The zero-order chi connectivity index (χ0) is 21.9. The van der Waals surface area contributed by atoms with Crippen molar-refractivity contribution in [2.45, 2.75) is 57.1 Å². The quantitative estimate of drug-likeness (QED) is 0.703. The second kappa shape index (κ2) is 8.99. The first-order chi connectivity index (χ1) is 14.2. The molecule has 0 saturated carbocycles. The van der Waals surface area contributed by atoms with Crippen LogP contribution >= 0.6 is 11.8 Å². The molecule has 1 aliphatic rings. The van der Waals surface area contributed by atoms with E-state index in [1.54, 1.807) is 13.1 Å². The van der Waals surface area contributed by atoms with Crippen LogP contribution in [0.1, 0.15) is 34.6 Å². The molecular formula is C21H28N4O4S. The summed E-state index contributed by atoms with van der Waals surface area (Å²) in [5.41, 5.74) is 1.47. The van der Waals surface area contributed by atoms with Crippen LogP contribution in [0, 0.1) is 0 Å². The van der Waals surface area contributed by atoms with Gasteiger partial charge < -0.3 is 19.4 Å². The van der Waals surface area contributed by atoms with Gasteiger partial charge in [0.2, 0.25) is 5.91 Å². The number of nitrogens with zero attached hydrogens (tertiary/aromatic N) is 2. The largest absolute Gasteiger partial charge is 0.486 e. The Morgan fingerprint density at radius 2 is 1.93 bits per heavy atom. The first-order valence-corrected chi connectivity index (χ1v) is 10.8. The number of fused-ring (bicyclic) bond motifs is 1. The number of aromatic nitrogens is 2. The van der Waals surface area contributed by atoms with Crippen LogP contribution in [-0.2, 0) is 11.3 Å². The van der Waals surface area contributed by atoms with Crippen LogP contribution < -0.4 is 20.1 Å². The van der Waals surface area contributed by atoms with Gasteiger partial charge in [-0.05, 0) is 52.8 Å². The number of hydrogen-bond donors (Lipinski definition) is 2. The Morgan fingerprint density at radius 1 is 1.23 bits per heavy atom. The number of carbonyl (C=O) groups is 2. The Balaban J connectivity index is 1.73. The first kappa shape index (κ1) is 22.0. The summed E-state index contributed by atoms with van der Waals surface area (Å²) < 4.78 is 13.3. The normalized spacial score (nSPS) is 14.2. The van der Waals surface area contributed by atoms with Gasteiger partial charge in [-0.1, -0.05) is 11.8 Å². The molecule has 0 unspecified atom stereocenters. The van der Waals surface area contributed by atoms with Crippen molar-refractivity contribution in [1.29, 1.82) is 0 Å². The summed E-state index contributed by atoms with van der Waals surface area (Å²) in [5, 5.41) is 5.33. The average molecular weight is 433 g/mol. The molecule has 0 fully saturated rings. The Morgan fingerprint density at radius 3 is 2.60 bits per heavy atom. The van der Waals surface area contributed by atoms with E-state index in [0.717, 1.165) is 22.8 Å². The summed E-state index contributed by atoms with van der Waals surface area (Å²) in [7, 11) is 0. The lowest BCUT2D eigenvalue weighted by atomic mass is 10.1. The third-order valence-electron chi connectivity index (χ3n) is 4.35. The van der Waals surface area contributed by atoms with Crippen molar-refractivity contribution < 1.29 is 19.1 Å². The summed E-state index contributed by atoms with van der Waals surface area (Å²) in [6.07, 6.45) is 1.79. The number of carbonyl (C=O) groups excluding carboxylic acids is 2. The van der Waals surface area contributed by atoms with Crippen molar-refractivity contribution in [2.75, 3.05) is 13.2 Å². The van der Waals surface area contributed by atoms with Gasteiger partial charge in [0.15, 0.2) is 16.7 Å². The molecule has 30 heavy (non-hydrogen) atoms. The third-order valence-corrected chi connectivity index (χ3v) is 5.45. The Kier molecular flexibility index (Phi) is 6.60. The van der Waals surface area contributed by atoms with Gasteiger partial charge in [-0.3, -0.25) is 10.1 Å². The molecule has 0 aliphatic carbocycles. The van der Waals surface area contributed by atoms with E-state index in [4.69, 9.17) is 9.47 Å². The molecule has 2 aromatic rings.